The molecule has 138 valence electrons. The maximum Gasteiger partial charge on any atom is 0.272 e. The lowest BCUT2D eigenvalue weighted by Crippen LogP contribution is -2.35. The molecule has 0 radical (unpaired) electrons. The van der Waals surface area contributed by atoms with Gasteiger partial charge in [0.15, 0.2) is 0 Å². The molecule has 2 aromatic rings. The third-order valence-electron chi connectivity index (χ3n) is 4.92. The quantitative estimate of drug-likeness (QED) is 0.861. The Labute approximate surface area is 152 Å². The second-order valence-corrected chi connectivity index (χ2v) is 6.83. The smallest absolute Gasteiger partial charge is 0.272 e. The zero-order valence-electron chi connectivity index (χ0n) is 15.0. The van der Waals surface area contributed by atoms with Crippen molar-refractivity contribution in [3.05, 3.63) is 63.8 Å². The summed E-state index contributed by atoms with van der Waals surface area (Å²) in [6.45, 7) is 2.43. The van der Waals surface area contributed by atoms with Gasteiger partial charge in [0.2, 0.25) is 0 Å². The Morgan fingerprint density at radius 1 is 1.23 bits per heavy atom. The van der Waals surface area contributed by atoms with E-state index in [-0.39, 0.29) is 29.0 Å². The van der Waals surface area contributed by atoms with Crippen LogP contribution in [0.4, 0.5) is 4.39 Å². The predicted octanol–water partition coefficient (Wildman–Crippen LogP) is 3.45. The summed E-state index contributed by atoms with van der Waals surface area (Å²) in [4.78, 5) is 24.6. The van der Waals surface area contributed by atoms with Crippen LogP contribution in [0.15, 0.2) is 41.2 Å². The van der Waals surface area contributed by atoms with Crippen molar-refractivity contribution in [1.29, 1.82) is 0 Å². The summed E-state index contributed by atoms with van der Waals surface area (Å²) in [5.41, 5.74) is 0.908. The van der Waals surface area contributed by atoms with Crippen LogP contribution in [-0.4, -0.2) is 15.7 Å². The monoisotopic (exact) mass is 357 g/mol. The minimum Gasteiger partial charge on any atom is -0.344 e. The van der Waals surface area contributed by atoms with Gasteiger partial charge in [-0.3, -0.25) is 9.59 Å². The van der Waals surface area contributed by atoms with Crippen LogP contribution in [0.2, 0.25) is 0 Å². The van der Waals surface area contributed by atoms with Crippen molar-refractivity contribution in [2.45, 2.75) is 51.6 Å². The van der Waals surface area contributed by atoms with E-state index in [1.54, 1.807) is 12.1 Å². The highest BCUT2D eigenvalue weighted by Crippen LogP contribution is 2.35. The molecule has 0 saturated heterocycles. The number of nitrogens with one attached hydrogen (secondary N) is 1. The van der Waals surface area contributed by atoms with Crippen LogP contribution in [0.3, 0.4) is 0 Å². The van der Waals surface area contributed by atoms with Crippen molar-refractivity contribution < 1.29 is 9.18 Å². The van der Waals surface area contributed by atoms with Crippen LogP contribution in [-0.2, 0) is 6.54 Å². The lowest BCUT2D eigenvalue weighted by molar-refractivity contribution is 0.0914. The maximum atomic E-state index is 13.3. The highest BCUT2D eigenvalue weighted by Gasteiger charge is 2.28. The van der Waals surface area contributed by atoms with Crippen molar-refractivity contribution in [2.24, 2.45) is 5.92 Å². The summed E-state index contributed by atoms with van der Waals surface area (Å²) in [5.74, 6) is -0.277. The van der Waals surface area contributed by atoms with E-state index in [0.717, 1.165) is 37.7 Å². The molecule has 0 spiro atoms. The van der Waals surface area contributed by atoms with E-state index in [4.69, 9.17) is 0 Å². The SMILES string of the molecule is CCCn1nc(C(=O)N[C@H](c2ccc(F)cc2)C2CCCC2)ccc1=O. The van der Waals surface area contributed by atoms with Gasteiger partial charge in [0, 0.05) is 12.6 Å². The molecule has 6 heteroatoms. The Hall–Kier alpha value is -2.50. The third-order valence-corrected chi connectivity index (χ3v) is 4.92. The van der Waals surface area contributed by atoms with Gasteiger partial charge in [-0.15, -0.1) is 0 Å². The zero-order chi connectivity index (χ0) is 18.5. The Morgan fingerprint density at radius 3 is 2.58 bits per heavy atom. The Balaban J connectivity index is 1.84. The fourth-order valence-corrected chi connectivity index (χ4v) is 3.59. The number of halogens is 1. The van der Waals surface area contributed by atoms with E-state index in [1.165, 1.54) is 28.9 Å². The van der Waals surface area contributed by atoms with Crippen molar-refractivity contribution in [3.63, 3.8) is 0 Å². The minimum atomic E-state index is -0.309. The van der Waals surface area contributed by atoms with Gasteiger partial charge in [-0.25, -0.2) is 9.07 Å². The van der Waals surface area contributed by atoms with Crippen molar-refractivity contribution >= 4 is 5.91 Å². The molecule has 1 saturated carbocycles. The summed E-state index contributed by atoms with van der Waals surface area (Å²) in [6.07, 6.45) is 5.10. The second-order valence-electron chi connectivity index (χ2n) is 6.83. The standard InChI is InChI=1S/C20H24FN3O2/c1-2-13-24-18(25)12-11-17(23-24)20(26)22-19(14-5-3-4-6-14)15-7-9-16(21)10-8-15/h7-12,14,19H,2-6,13H2,1H3,(H,22,26)/t19-/m0/s1. The molecule has 1 amide bonds. The number of hydrogen-bond acceptors (Lipinski definition) is 3. The fourth-order valence-electron chi connectivity index (χ4n) is 3.59. The molecule has 0 aliphatic heterocycles. The molecular formula is C20H24FN3O2. The Kier molecular flexibility index (Phi) is 5.81. The summed E-state index contributed by atoms with van der Waals surface area (Å²) in [7, 11) is 0. The molecule has 26 heavy (non-hydrogen) atoms. The summed E-state index contributed by atoms with van der Waals surface area (Å²) in [6, 6.07) is 8.94. The molecule has 0 unspecified atom stereocenters. The molecule has 1 aromatic heterocycles. The summed E-state index contributed by atoms with van der Waals surface area (Å²) >= 11 is 0. The van der Waals surface area contributed by atoms with Gasteiger partial charge >= 0.3 is 0 Å². The number of benzene rings is 1. The molecule has 0 bridgehead atoms. The third kappa shape index (κ3) is 4.18. The fraction of sp³-hybridized carbons (Fsp3) is 0.450. The number of aromatic nitrogens is 2. The predicted molar refractivity (Wildman–Crippen MR) is 97.4 cm³/mol. The van der Waals surface area contributed by atoms with Gasteiger partial charge in [-0.05, 0) is 48.9 Å². The van der Waals surface area contributed by atoms with Crippen LogP contribution in [0.5, 0.6) is 0 Å². The first-order valence-electron chi connectivity index (χ1n) is 9.23. The Morgan fingerprint density at radius 2 is 1.92 bits per heavy atom. The van der Waals surface area contributed by atoms with Gasteiger partial charge in [0.05, 0.1) is 6.04 Å². The molecular weight excluding hydrogens is 333 g/mol. The second kappa shape index (κ2) is 8.25. The van der Waals surface area contributed by atoms with Crippen LogP contribution in [0.25, 0.3) is 0 Å². The highest BCUT2D eigenvalue weighted by molar-refractivity contribution is 5.92. The number of aryl methyl sites for hydroxylation is 1. The largest absolute Gasteiger partial charge is 0.344 e. The van der Waals surface area contributed by atoms with Gasteiger partial charge in [-0.2, -0.15) is 5.10 Å². The normalized spacial score (nSPS) is 15.8. The molecule has 1 atom stereocenters. The van der Waals surface area contributed by atoms with Crippen LogP contribution >= 0.6 is 0 Å². The number of rotatable bonds is 6. The molecule has 3 rings (SSSR count). The molecule has 1 heterocycles. The minimum absolute atomic E-state index is 0.182. The molecule has 1 aromatic carbocycles. The molecule has 5 nitrogen and oxygen atoms in total. The van der Waals surface area contributed by atoms with Gasteiger partial charge in [0.1, 0.15) is 11.5 Å². The van der Waals surface area contributed by atoms with Gasteiger partial charge in [0.25, 0.3) is 11.5 Å². The number of hydrogen-bond donors (Lipinski definition) is 1. The topological polar surface area (TPSA) is 64.0 Å². The van der Waals surface area contributed by atoms with E-state index < -0.39 is 0 Å². The average Bonchev–Trinajstić information content (AvgIpc) is 3.17. The van der Waals surface area contributed by atoms with Gasteiger partial charge < -0.3 is 5.32 Å². The van der Waals surface area contributed by atoms with E-state index in [2.05, 4.69) is 10.4 Å². The first kappa shape index (κ1) is 18.3. The lowest BCUT2D eigenvalue weighted by atomic mass is 9.91. The lowest BCUT2D eigenvalue weighted by Gasteiger charge is -2.25. The molecule has 1 fully saturated rings. The molecule has 1 aliphatic carbocycles. The zero-order valence-corrected chi connectivity index (χ0v) is 15.0. The first-order valence-corrected chi connectivity index (χ1v) is 9.23. The molecule has 1 aliphatic rings. The van der Waals surface area contributed by atoms with Crippen molar-refractivity contribution in [2.75, 3.05) is 0 Å². The summed E-state index contributed by atoms with van der Waals surface area (Å²) < 4.78 is 14.6. The van der Waals surface area contributed by atoms with E-state index >= 15 is 0 Å². The number of amides is 1. The number of nitrogens with zero attached hydrogens (tertiary/aromatic N) is 2. The maximum absolute atomic E-state index is 13.3. The highest BCUT2D eigenvalue weighted by atomic mass is 19.1. The average molecular weight is 357 g/mol. The van der Waals surface area contributed by atoms with Crippen LogP contribution in [0.1, 0.15) is 61.1 Å². The van der Waals surface area contributed by atoms with Crippen LogP contribution in [0, 0.1) is 11.7 Å². The van der Waals surface area contributed by atoms with E-state index in [0.29, 0.717) is 12.5 Å². The first-order chi connectivity index (χ1) is 12.6. The Bertz CT molecular complexity index is 811. The number of carbonyl (C=O) groups excluding carboxylic acids is 1. The van der Waals surface area contributed by atoms with E-state index in [1.807, 2.05) is 6.92 Å². The van der Waals surface area contributed by atoms with Crippen LogP contribution < -0.4 is 10.9 Å². The number of carbonyl (C=O) groups is 1. The van der Waals surface area contributed by atoms with Gasteiger partial charge in [-0.1, -0.05) is 31.9 Å². The molecule has 1 N–H and O–H groups in total. The summed E-state index contributed by atoms with van der Waals surface area (Å²) in [5, 5.41) is 7.24. The van der Waals surface area contributed by atoms with Crippen molar-refractivity contribution in [3.8, 4) is 0 Å². The van der Waals surface area contributed by atoms with Crippen molar-refractivity contribution in [1.82, 2.24) is 15.1 Å². The van der Waals surface area contributed by atoms with E-state index in [9.17, 15) is 14.0 Å².